The molecular formula is C18H22ClF2N3O. The number of hydrogen-bond acceptors (Lipinski definition) is 2. The molecule has 25 heavy (non-hydrogen) atoms. The number of benzene rings is 1. The van der Waals surface area contributed by atoms with Gasteiger partial charge >= 0.3 is 0 Å². The zero-order valence-electron chi connectivity index (χ0n) is 15.0. The Labute approximate surface area is 151 Å². The lowest BCUT2D eigenvalue weighted by Crippen LogP contribution is -2.25. The zero-order chi connectivity index (χ0) is 19.0. The monoisotopic (exact) mass is 369 g/mol. The first-order chi connectivity index (χ1) is 11.4. The van der Waals surface area contributed by atoms with Gasteiger partial charge in [-0.15, -0.1) is 0 Å². The van der Waals surface area contributed by atoms with Crippen LogP contribution in [0, 0.1) is 0 Å². The van der Waals surface area contributed by atoms with Gasteiger partial charge in [-0.25, -0.2) is 0 Å². The maximum atomic E-state index is 13.5. The van der Waals surface area contributed by atoms with Crippen LogP contribution in [0.4, 0.5) is 8.78 Å². The van der Waals surface area contributed by atoms with E-state index >= 15 is 0 Å². The van der Waals surface area contributed by atoms with E-state index in [-0.39, 0.29) is 22.7 Å². The molecule has 4 nitrogen and oxygen atoms in total. The van der Waals surface area contributed by atoms with E-state index in [1.165, 1.54) is 12.6 Å². The Morgan fingerprint density at radius 3 is 2.20 bits per heavy atom. The third kappa shape index (κ3) is 4.37. The molecule has 0 unspecified atom stereocenters. The third-order valence-corrected chi connectivity index (χ3v) is 4.25. The number of carbonyl (C=O) groups excluding carboxylic acids is 1. The van der Waals surface area contributed by atoms with Crippen molar-refractivity contribution in [3.8, 4) is 0 Å². The molecule has 0 aliphatic rings. The number of carbonyl (C=O) groups is 1. The maximum Gasteiger partial charge on any atom is 0.290 e. The van der Waals surface area contributed by atoms with Crippen molar-refractivity contribution in [1.29, 1.82) is 0 Å². The highest BCUT2D eigenvalue weighted by molar-refractivity contribution is 6.34. The van der Waals surface area contributed by atoms with Crippen LogP contribution in [0.25, 0.3) is 0 Å². The third-order valence-electron chi connectivity index (χ3n) is 3.89. The van der Waals surface area contributed by atoms with Gasteiger partial charge in [0.15, 0.2) is 5.69 Å². The Hall–Kier alpha value is -1.95. The fraction of sp³-hybridized carbons (Fsp3) is 0.444. The van der Waals surface area contributed by atoms with Crippen molar-refractivity contribution in [2.45, 2.75) is 45.6 Å². The number of amides is 1. The van der Waals surface area contributed by atoms with E-state index in [4.69, 9.17) is 11.6 Å². The highest BCUT2D eigenvalue weighted by atomic mass is 35.5. The van der Waals surface area contributed by atoms with E-state index in [0.29, 0.717) is 6.92 Å². The SMILES string of the molecule is Cn1nc(C(C)(F)F)c(Cl)c1C(=O)NCc1ccc(C(C)(C)C)cc1. The molecule has 136 valence electrons. The second kappa shape index (κ2) is 6.75. The van der Waals surface area contributed by atoms with Crippen molar-refractivity contribution in [2.24, 2.45) is 7.05 Å². The molecule has 2 aromatic rings. The number of nitrogens with zero attached hydrogens (tertiary/aromatic N) is 2. The number of rotatable bonds is 4. The molecule has 1 amide bonds. The Morgan fingerprint density at radius 1 is 1.20 bits per heavy atom. The molecule has 0 fully saturated rings. The summed E-state index contributed by atoms with van der Waals surface area (Å²) in [7, 11) is 1.41. The van der Waals surface area contributed by atoms with Gasteiger partial charge in [-0.3, -0.25) is 9.48 Å². The predicted molar refractivity (Wildman–Crippen MR) is 94.1 cm³/mol. The normalized spacial score (nSPS) is 12.3. The lowest BCUT2D eigenvalue weighted by molar-refractivity contribution is 0.0123. The van der Waals surface area contributed by atoms with Gasteiger partial charge in [-0.05, 0) is 16.5 Å². The summed E-state index contributed by atoms with van der Waals surface area (Å²) in [6.45, 7) is 7.32. The summed E-state index contributed by atoms with van der Waals surface area (Å²) in [5.41, 5.74) is 1.46. The molecular weight excluding hydrogens is 348 g/mol. The first-order valence-electron chi connectivity index (χ1n) is 7.89. The molecule has 0 spiro atoms. The van der Waals surface area contributed by atoms with Crippen LogP contribution in [0.15, 0.2) is 24.3 Å². The molecule has 0 aliphatic heterocycles. The zero-order valence-corrected chi connectivity index (χ0v) is 15.7. The second-order valence-electron chi connectivity index (χ2n) is 7.15. The van der Waals surface area contributed by atoms with Crippen molar-refractivity contribution in [3.63, 3.8) is 0 Å². The first-order valence-corrected chi connectivity index (χ1v) is 8.27. The molecule has 0 radical (unpaired) electrons. The molecule has 0 aliphatic carbocycles. The number of alkyl halides is 2. The minimum atomic E-state index is -3.21. The molecule has 0 atom stereocenters. The predicted octanol–water partition coefficient (Wildman–Crippen LogP) is 4.41. The van der Waals surface area contributed by atoms with Gasteiger partial charge < -0.3 is 5.32 Å². The van der Waals surface area contributed by atoms with Crippen LogP contribution >= 0.6 is 11.6 Å². The van der Waals surface area contributed by atoms with Crippen molar-refractivity contribution < 1.29 is 13.6 Å². The summed E-state index contributed by atoms with van der Waals surface area (Å²) >= 11 is 5.94. The topological polar surface area (TPSA) is 46.9 Å². The largest absolute Gasteiger partial charge is 0.347 e. The molecule has 0 saturated heterocycles. The maximum absolute atomic E-state index is 13.5. The number of nitrogens with one attached hydrogen (secondary N) is 1. The van der Waals surface area contributed by atoms with Gasteiger partial charge in [-0.2, -0.15) is 13.9 Å². The first kappa shape index (κ1) is 19.4. The molecule has 1 aromatic carbocycles. The summed E-state index contributed by atoms with van der Waals surface area (Å²) in [5.74, 6) is -3.76. The van der Waals surface area contributed by atoms with E-state index in [2.05, 4.69) is 31.2 Å². The summed E-state index contributed by atoms with van der Waals surface area (Å²) in [4.78, 5) is 12.3. The van der Waals surface area contributed by atoms with Gasteiger partial charge in [0, 0.05) is 20.5 Å². The average Bonchev–Trinajstić information content (AvgIpc) is 2.79. The quantitative estimate of drug-likeness (QED) is 0.867. The highest BCUT2D eigenvalue weighted by Gasteiger charge is 2.34. The fourth-order valence-corrected chi connectivity index (χ4v) is 2.83. The van der Waals surface area contributed by atoms with E-state index in [1.54, 1.807) is 0 Å². The smallest absolute Gasteiger partial charge is 0.290 e. The van der Waals surface area contributed by atoms with Gasteiger partial charge in [0.2, 0.25) is 0 Å². The number of aromatic nitrogens is 2. The Bertz CT molecular complexity index is 771. The van der Waals surface area contributed by atoms with Crippen LogP contribution in [0.3, 0.4) is 0 Å². The minimum Gasteiger partial charge on any atom is -0.347 e. The van der Waals surface area contributed by atoms with Gasteiger partial charge in [0.05, 0.1) is 0 Å². The summed E-state index contributed by atoms with van der Waals surface area (Å²) < 4.78 is 28.0. The molecule has 7 heteroatoms. The second-order valence-corrected chi connectivity index (χ2v) is 7.53. The minimum absolute atomic E-state index is 0.0474. The number of aryl methyl sites for hydroxylation is 1. The lowest BCUT2D eigenvalue weighted by atomic mass is 9.87. The van der Waals surface area contributed by atoms with Crippen molar-refractivity contribution in [1.82, 2.24) is 15.1 Å². The average molecular weight is 370 g/mol. The summed E-state index contributed by atoms with van der Waals surface area (Å²) in [6.07, 6.45) is 0. The molecule has 1 aromatic heterocycles. The Balaban J connectivity index is 2.12. The van der Waals surface area contributed by atoms with Crippen molar-refractivity contribution >= 4 is 17.5 Å². The van der Waals surface area contributed by atoms with E-state index in [9.17, 15) is 13.6 Å². The summed E-state index contributed by atoms with van der Waals surface area (Å²) in [6, 6.07) is 7.87. The van der Waals surface area contributed by atoms with Crippen LogP contribution in [-0.2, 0) is 24.9 Å². The molecule has 1 N–H and O–H groups in total. The molecule has 0 saturated carbocycles. The van der Waals surface area contributed by atoms with E-state index < -0.39 is 17.5 Å². The highest BCUT2D eigenvalue weighted by Crippen LogP contribution is 2.33. The van der Waals surface area contributed by atoms with Crippen LogP contribution in [-0.4, -0.2) is 15.7 Å². The lowest BCUT2D eigenvalue weighted by Gasteiger charge is -2.19. The Kier molecular flexibility index (Phi) is 5.23. The molecule has 1 heterocycles. The van der Waals surface area contributed by atoms with Gasteiger partial charge in [-0.1, -0.05) is 56.6 Å². The van der Waals surface area contributed by atoms with Crippen LogP contribution in [0.1, 0.15) is 55.0 Å². The van der Waals surface area contributed by atoms with E-state index in [0.717, 1.165) is 10.2 Å². The number of hydrogen-bond donors (Lipinski definition) is 1. The Morgan fingerprint density at radius 2 is 1.76 bits per heavy atom. The van der Waals surface area contributed by atoms with Crippen molar-refractivity contribution in [3.05, 3.63) is 51.8 Å². The fourth-order valence-electron chi connectivity index (χ4n) is 2.41. The van der Waals surface area contributed by atoms with E-state index in [1.807, 2.05) is 24.3 Å². The van der Waals surface area contributed by atoms with Crippen LogP contribution < -0.4 is 5.32 Å². The van der Waals surface area contributed by atoms with Crippen LogP contribution in [0.5, 0.6) is 0 Å². The standard InChI is InChI=1S/C18H22ClF2N3O/c1-17(2,3)12-8-6-11(7-9-12)10-22-16(25)14-13(19)15(18(4,20)21)23-24(14)5/h6-9H,10H2,1-5H3,(H,22,25). The molecule has 2 rings (SSSR count). The van der Waals surface area contributed by atoms with Gasteiger partial charge in [0.1, 0.15) is 10.7 Å². The molecule has 0 bridgehead atoms. The summed E-state index contributed by atoms with van der Waals surface area (Å²) in [5, 5.41) is 6.04. The number of halogens is 3. The van der Waals surface area contributed by atoms with Crippen LogP contribution in [0.2, 0.25) is 5.02 Å². The van der Waals surface area contributed by atoms with Gasteiger partial charge in [0.25, 0.3) is 11.8 Å². The van der Waals surface area contributed by atoms with Crippen molar-refractivity contribution in [2.75, 3.05) is 0 Å².